The minimum atomic E-state index is 0.121. The number of anilines is 1. The number of carbonyl (C=O) groups excluding carboxylic acids is 1. The predicted molar refractivity (Wildman–Crippen MR) is 100 cm³/mol. The molecule has 2 bridgehead atoms. The van der Waals surface area contributed by atoms with Crippen LogP contribution in [0, 0.1) is 0 Å². The minimum absolute atomic E-state index is 0.121. The largest absolute Gasteiger partial charge is 0.355 e. The van der Waals surface area contributed by atoms with Crippen molar-refractivity contribution in [2.24, 2.45) is 0 Å². The number of fused-ring (bicyclic) bond motifs is 2. The zero-order chi connectivity index (χ0) is 18.0. The summed E-state index contributed by atoms with van der Waals surface area (Å²) in [4.78, 5) is 25.2. The van der Waals surface area contributed by atoms with Gasteiger partial charge in [-0.15, -0.1) is 0 Å². The van der Waals surface area contributed by atoms with Crippen LogP contribution in [-0.4, -0.2) is 59.0 Å². The molecular weight excluding hydrogens is 361 g/mol. The molecule has 0 spiro atoms. The Kier molecular flexibility index (Phi) is 6.02. The molecule has 25 heavy (non-hydrogen) atoms. The van der Waals surface area contributed by atoms with Crippen LogP contribution in [0.5, 0.6) is 0 Å². The molecule has 3 heterocycles. The van der Waals surface area contributed by atoms with Gasteiger partial charge in [0.2, 0.25) is 11.9 Å². The second-order valence-electron chi connectivity index (χ2n) is 6.91. The van der Waals surface area contributed by atoms with Gasteiger partial charge in [0, 0.05) is 37.8 Å². The van der Waals surface area contributed by atoms with Gasteiger partial charge in [0.25, 0.3) is 0 Å². The van der Waals surface area contributed by atoms with Gasteiger partial charge in [-0.05, 0) is 32.6 Å². The van der Waals surface area contributed by atoms with Crippen LogP contribution >= 0.6 is 23.2 Å². The highest BCUT2D eigenvalue weighted by Crippen LogP contribution is 2.36. The minimum Gasteiger partial charge on any atom is -0.355 e. The molecular formula is C17H25Cl2N5O. The molecule has 0 aromatic carbocycles. The average molecular weight is 386 g/mol. The van der Waals surface area contributed by atoms with Gasteiger partial charge in [-0.3, -0.25) is 9.69 Å². The van der Waals surface area contributed by atoms with Crippen LogP contribution in [0.2, 0.25) is 10.3 Å². The molecule has 0 radical (unpaired) electrons. The summed E-state index contributed by atoms with van der Waals surface area (Å²) in [5.74, 6) is 0.689. The summed E-state index contributed by atoms with van der Waals surface area (Å²) in [6, 6.07) is 2.73. The summed E-state index contributed by atoms with van der Waals surface area (Å²) in [5, 5.41) is 3.63. The van der Waals surface area contributed by atoms with Crippen molar-refractivity contribution in [2.45, 2.75) is 57.2 Å². The number of likely N-dealkylation sites (N-methyl/N-ethyl adjacent to an activating group) is 1. The van der Waals surface area contributed by atoms with Crippen LogP contribution < -0.4 is 10.2 Å². The van der Waals surface area contributed by atoms with E-state index in [0.717, 1.165) is 25.7 Å². The second kappa shape index (κ2) is 8.06. The first-order valence-corrected chi connectivity index (χ1v) is 9.69. The smallest absolute Gasteiger partial charge is 0.234 e. The Morgan fingerprint density at radius 3 is 2.44 bits per heavy atom. The van der Waals surface area contributed by atoms with Crippen LogP contribution in [0.3, 0.4) is 0 Å². The lowest BCUT2D eigenvalue weighted by atomic mass is 9.81. The van der Waals surface area contributed by atoms with Crippen LogP contribution in [0.4, 0.5) is 5.95 Å². The Morgan fingerprint density at radius 2 is 1.88 bits per heavy atom. The van der Waals surface area contributed by atoms with Crippen molar-refractivity contribution in [3.63, 3.8) is 0 Å². The van der Waals surface area contributed by atoms with Crippen LogP contribution in [0.15, 0.2) is 6.07 Å². The van der Waals surface area contributed by atoms with Crippen LogP contribution in [0.25, 0.3) is 0 Å². The van der Waals surface area contributed by atoms with Gasteiger partial charge in [0.05, 0.1) is 6.54 Å². The fourth-order valence-electron chi connectivity index (χ4n) is 4.14. The Labute approximate surface area is 158 Å². The van der Waals surface area contributed by atoms with E-state index in [1.807, 2.05) is 14.0 Å². The van der Waals surface area contributed by atoms with Gasteiger partial charge in [-0.1, -0.05) is 29.6 Å². The molecule has 1 unspecified atom stereocenters. The monoisotopic (exact) mass is 385 g/mol. The number of halogens is 2. The normalized spacial score (nSPS) is 26.3. The fourth-order valence-corrected chi connectivity index (χ4v) is 4.56. The van der Waals surface area contributed by atoms with E-state index in [9.17, 15) is 4.79 Å². The van der Waals surface area contributed by atoms with E-state index in [4.69, 9.17) is 23.2 Å². The first-order chi connectivity index (χ1) is 12.0. The quantitative estimate of drug-likeness (QED) is 0.789. The third kappa shape index (κ3) is 4.36. The van der Waals surface area contributed by atoms with Gasteiger partial charge in [0.15, 0.2) is 0 Å². The standard InChI is InChI=1S/C17H25Cl2N5O/c1-3-20-16(25)10-24-11-5-4-6-12(24)8-13(7-11)23(2)17-21-14(18)9-15(19)22-17/h9,11-13H,3-8,10H2,1-2H3,(H,20,25)/t11-,12+,13?. The Balaban J connectivity index is 1.71. The molecule has 1 aromatic heterocycles. The molecule has 3 rings (SSSR count). The van der Waals surface area contributed by atoms with Crippen molar-refractivity contribution in [1.82, 2.24) is 20.2 Å². The molecule has 3 atom stereocenters. The van der Waals surface area contributed by atoms with E-state index < -0.39 is 0 Å². The summed E-state index contributed by atoms with van der Waals surface area (Å²) >= 11 is 12.0. The Bertz CT molecular complexity index is 595. The van der Waals surface area contributed by atoms with Crippen molar-refractivity contribution >= 4 is 35.1 Å². The number of carbonyl (C=O) groups is 1. The zero-order valence-corrected chi connectivity index (χ0v) is 16.2. The first-order valence-electron chi connectivity index (χ1n) is 8.93. The third-order valence-electron chi connectivity index (χ3n) is 5.32. The number of nitrogens with zero attached hydrogens (tertiary/aromatic N) is 4. The zero-order valence-electron chi connectivity index (χ0n) is 14.7. The summed E-state index contributed by atoms with van der Waals surface area (Å²) in [6.07, 6.45) is 5.51. The predicted octanol–water partition coefficient (Wildman–Crippen LogP) is 2.74. The van der Waals surface area contributed by atoms with Crippen molar-refractivity contribution in [2.75, 3.05) is 25.0 Å². The lowest BCUT2D eigenvalue weighted by Crippen LogP contribution is -2.58. The molecule has 2 aliphatic rings. The van der Waals surface area contributed by atoms with Crippen molar-refractivity contribution in [3.8, 4) is 0 Å². The van der Waals surface area contributed by atoms with Crippen LogP contribution in [-0.2, 0) is 4.79 Å². The number of hydrogen-bond donors (Lipinski definition) is 1. The summed E-state index contributed by atoms with van der Waals surface area (Å²) < 4.78 is 0. The van der Waals surface area contributed by atoms with Gasteiger partial charge in [0.1, 0.15) is 10.3 Å². The van der Waals surface area contributed by atoms with Crippen molar-refractivity contribution < 1.29 is 4.79 Å². The second-order valence-corrected chi connectivity index (χ2v) is 7.69. The van der Waals surface area contributed by atoms with Gasteiger partial charge in [-0.2, -0.15) is 0 Å². The maximum absolute atomic E-state index is 12.0. The molecule has 1 N–H and O–H groups in total. The number of amides is 1. The Hall–Kier alpha value is -1.11. The van der Waals surface area contributed by atoms with Crippen molar-refractivity contribution in [1.29, 1.82) is 0 Å². The molecule has 2 fully saturated rings. The fraction of sp³-hybridized carbons (Fsp3) is 0.706. The molecule has 8 heteroatoms. The number of aromatic nitrogens is 2. The lowest BCUT2D eigenvalue weighted by Gasteiger charge is -2.50. The molecule has 138 valence electrons. The summed E-state index contributed by atoms with van der Waals surface area (Å²) in [7, 11) is 2.00. The van der Waals surface area contributed by atoms with E-state index in [2.05, 4.69) is 25.1 Å². The first kappa shape index (κ1) is 18.7. The van der Waals surface area contributed by atoms with Gasteiger partial charge >= 0.3 is 0 Å². The van der Waals surface area contributed by atoms with E-state index in [1.54, 1.807) is 6.07 Å². The highest BCUT2D eigenvalue weighted by Gasteiger charge is 2.40. The molecule has 0 aliphatic carbocycles. The highest BCUT2D eigenvalue weighted by atomic mass is 35.5. The summed E-state index contributed by atoms with van der Waals surface area (Å²) in [5.41, 5.74) is 0. The Morgan fingerprint density at radius 1 is 1.28 bits per heavy atom. The molecule has 2 aliphatic heterocycles. The van der Waals surface area contributed by atoms with E-state index in [-0.39, 0.29) is 5.91 Å². The molecule has 1 aromatic rings. The molecule has 2 saturated heterocycles. The SMILES string of the molecule is CCNC(=O)CN1[C@@H]2CCC[C@H]1CC(N(C)c1nc(Cl)cc(Cl)n1)C2. The number of hydrogen-bond acceptors (Lipinski definition) is 5. The van der Waals surface area contributed by atoms with E-state index in [0.29, 0.717) is 47.5 Å². The summed E-state index contributed by atoms with van der Waals surface area (Å²) in [6.45, 7) is 3.13. The molecule has 1 amide bonds. The number of piperidine rings is 2. The van der Waals surface area contributed by atoms with E-state index in [1.165, 1.54) is 6.42 Å². The molecule has 0 saturated carbocycles. The number of nitrogens with one attached hydrogen (secondary N) is 1. The highest BCUT2D eigenvalue weighted by molar-refractivity contribution is 6.33. The molecule has 6 nitrogen and oxygen atoms in total. The average Bonchev–Trinajstić information content (AvgIpc) is 2.53. The maximum atomic E-state index is 12.0. The lowest BCUT2D eigenvalue weighted by molar-refractivity contribution is -0.125. The van der Waals surface area contributed by atoms with Crippen molar-refractivity contribution in [3.05, 3.63) is 16.4 Å². The third-order valence-corrected chi connectivity index (χ3v) is 5.70. The number of rotatable bonds is 5. The van der Waals surface area contributed by atoms with E-state index >= 15 is 0 Å². The topological polar surface area (TPSA) is 61.4 Å². The van der Waals surface area contributed by atoms with Gasteiger partial charge < -0.3 is 10.2 Å². The van der Waals surface area contributed by atoms with Crippen LogP contribution in [0.1, 0.15) is 39.0 Å². The van der Waals surface area contributed by atoms with Gasteiger partial charge in [-0.25, -0.2) is 9.97 Å². The maximum Gasteiger partial charge on any atom is 0.234 e.